The topological polar surface area (TPSA) is 89.3 Å². The number of benzene rings is 2. The monoisotopic (exact) mass is 407 g/mol. The van der Waals surface area contributed by atoms with Gasteiger partial charge in [0.15, 0.2) is 0 Å². The second kappa shape index (κ2) is 6.89. The Labute approximate surface area is 179 Å². The fourth-order valence-electron chi connectivity index (χ4n) is 4.41. The van der Waals surface area contributed by atoms with Gasteiger partial charge in [-0.25, -0.2) is 15.0 Å². The summed E-state index contributed by atoms with van der Waals surface area (Å²) < 4.78 is 2.02. The largest absolute Gasteiger partial charge is 0.393 e. The Morgan fingerprint density at radius 2 is 1.74 bits per heavy atom. The third-order valence-corrected chi connectivity index (χ3v) is 6.12. The normalized spacial score (nSPS) is 18.4. The van der Waals surface area contributed by atoms with Crippen molar-refractivity contribution in [3.8, 4) is 22.5 Å². The van der Waals surface area contributed by atoms with Gasteiger partial charge in [0.1, 0.15) is 22.9 Å². The summed E-state index contributed by atoms with van der Waals surface area (Å²) in [6.45, 7) is 0. The van der Waals surface area contributed by atoms with Gasteiger partial charge in [-0.1, -0.05) is 48.5 Å². The predicted molar refractivity (Wildman–Crippen MR) is 122 cm³/mol. The van der Waals surface area contributed by atoms with E-state index in [-0.39, 0.29) is 12.0 Å². The van der Waals surface area contributed by atoms with Crippen LogP contribution in [0.5, 0.6) is 0 Å². The van der Waals surface area contributed by atoms with Crippen molar-refractivity contribution in [1.29, 1.82) is 0 Å². The molecule has 3 N–H and O–H groups in total. The lowest BCUT2D eigenvalue weighted by Gasteiger charge is -2.30. The van der Waals surface area contributed by atoms with Crippen molar-refractivity contribution in [2.24, 2.45) is 0 Å². The number of hydrogen-bond donors (Lipinski definition) is 2. The van der Waals surface area contributed by atoms with Crippen molar-refractivity contribution in [1.82, 2.24) is 19.4 Å². The van der Waals surface area contributed by atoms with Crippen LogP contribution in [-0.2, 0) is 0 Å². The van der Waals surface area contributed by atoms with Gasteiger partial charge in [-0.3, -0.25) is 4.40 Å². The molecule has 2 aromatic carbocycles. The number of nitrogen functional groups attached to an aromatic ring is 1. The quantitative estimate of drug-likeness (QED) is 0.462. The van der Waals surface area contributed by atoms with Crippen LogP contribution >= 0.6 is 0 Å². The zero-order valence-electron chi connectivity index (χ0n) is 16.8. The highest BCUT2D eigenvalue weighted by Crippen LogP contribution is 2.39. The van der Waals surface area contributed by atoms with E-state index in [0.717, 1.165) is 57.6 Å². The number of aliphatic hydroxyl groups is 1. The number of hydrogen-bond acceptors (Lipinski definition) is 5. The van der Waals surface area contributed by atoms with Crippen LogP contribution in [0.2, 0.25) is 0 Å². The third kappa shape index (κ3) is 2.95. The molecule has 0 spiro atoms. The molecule has 6 rings (SSSR count). The van der Waals surface area contributed by atoms with Gasteiger partial charge in [0.05, 0.1) is 17.3 Å². The molecule has 3 aromatic heterocycles. The number of rotatable bonds is 3. The van der Waals surface area contributed by atoms with Crippen molar-refractivity contribution >= 4 is 22.2 Å². The van der Waals surface area contributed by atoms with Crippen LogP contribution in [0.3, 0.4) is 0 Å². The first-order chi connectivity index (χ1) is 15.2. The molecule has 6 nitrogen and oxygen atoms in total. The zero-order valence-corrected chi connectivity index (χ0v) is 16.8. The molecule has 1 saturated carbocycles. The van der Waals surface area contributed by atoms with E-state index >= 15 is 0 Å². The molecule has 1 aliphatic rings. The summed E-state index contributed by atoms with van der Waals surface area (Å²) in [7, 11) is 0. The lowest BCUT2D eigenvalue weighted by molar-refractivity contribution is 0.0715. The maximum Gasteiger partial charge on any atom is 0.150 e. The number of nitrogens with zero attached hydrogens (tertiary/aromatic N) is 4. The van der Waals surface area contributed by atoms with Gasteiger partial charge in [-0.2, -0.15) is 0 Å². The summed E-state index contributed by atoms with van der Waals surface area (Å²) in [4.78, 5) is 14.2. The van der Waals surface area contributed by atoms with E-state index in [2.05, 4.69) is 41.4 Å². The SMILES string of the molecule is Nc1nccn2c(C3CC(O)C3)nc(-c3ccc4ccc(-c5ccccc5)nc4c3)c12. The van der Waals surface area contributed by atoms with Crippen LogP contribution in [-0.4, -0.2) is 30.6 Å². The van der Waals surface area contributed by atoms with Crippen molar-refractivity contribution in [3.63, 3.8) is 0 Å². The summed E-state index contributed by atoms with van der Waals surface area (Å²) >= 11 is 0. The van der Waals surface area contributed by atoms with Crippen molar-refractivity contribution in [2.45, 2.75) is 24.9 Å². The highest BCUT2D eigenvalue weighted by atomic mass is 16.3. The first-order valence-corrected chi connectivity index (χ1v) is 10.4. The predicted octanol–water partition coefficient (Wildman–Crippen LogP) is 4.43. The number of imidazole rings is 1. The Kier molecular flexibility index (Phi) is 4.01. The first-order valence-electron chi connectivity index (χ1n) is 10.4. The highest BCUT2D eigenvalue weighted by Gasteiger charge is 2.33. The average molecular weight is 407 g/mol. The molecule has 0 aliphatic heterocycles. The molecule has 0 amide bonds. The molecule has 0 bridgehead atoms. The van der Waals surface area contributed by atoms with Crippen LogP contribution in [0.4, 0.5) is 5.82 Å². The van der Waals surface area contributed by atoms with Crippen LogP contribution < -0.4 is 5.73 Å². The van der Waals surface area contributed by atoms with Crippen LogP contribution in [0.25, 0.3) is 38.9 Å². The van der Waals surface area contributed by atoms with E-state index in [1.54, 1.807) is 6.20 Å². The summed E-state index contributed by atoms with van der Waals surface area (Å²) in [5.74, 6) is 1.60. The number of pyridine rings is 1. The van der Waals surface area contributed by atoms with Gasteiger partial charge in [0, 0.05) is 34.8 Å². The molecule has 3 heterocycles. The van der Waals surface area contributed by atoms with Gasteiger partial charge in [0.2, 0.25) is 0 Å². The summed E-state index contributed by atoms with van der Waals surface area (Å²) in [5, 5.41) is 10.9. The van der Waals surface area contributed by atoms with Crippen LogP contribution in [0.15, 0.2) is 73.1 Å². The fourth-order valence-corrected chi connectivity index (χ4v) is 4.41. The Bertz CT molecular complexity index is 1420. The van der Waals surface area contributed by atoms with Crippen LogP contribution in [0, 0.1) is 0 Å². The van der Waals surface area contributed by atoms with E-state index in [1.807, 2.05) is 34.9 Å². The van der Waals surface area contributed by atoms with Gasteiger partial charge in [0.25, 0.3) is 0 Å². The molecule has 5 aromatic rings. The van der Waals surface area contributed by atoms with E-state index < -0.39 is 0 Å². The lowest BCUT2D eigenvalue weighted by atomic mass is 9.82. The van der Waals surface area contributed by atoms with Crippen molar-refractivity contribution in [2.75, 3.05) is 5.73 Å². The van der Waals surface area contributed by atoms with Gasteiger partial charge in [-0.05, 0) is 25.0 Å². The highest BCUT2D eigenvalue weighted by molar-refractivity contribution is 5.91. The lowest BCUT2D eigenvalue weighted by Crippen LogP contribution is -2.27. The minimum absolute atomic E-state index is 0.223. The average Bonchev–Trinajstić information content (AvgIpc) is 3.17. The Hall–Kier alpha value is -3.77. The van der Waals surface area contributed by atoms with Crippen LogP contribution in [0.1, 0.15) is 24.6 Å². The first kappa shape index (κ1) is 18.0. The minimum atomic E-state index is -0.249. The Balaban J connectivity index is 1.51. The summed E-state index contributed by atoms with van der Waals surface area (Å²) in [6.07, 6.45) is 4.79. The number of nitrogens with two attached hydrogens (primary N) is 1. The molecule has 0 saturated heterocycles. The van der Waals surface area contributed by atoms with Gasteiger partial charge in [-0.15, -0.1) is 0 Å². The zero-order chi connectivity index (χ0) is 20.9. The van der Waals surface area contributed by atoms with E-state index in [0.29, 0.717) is 5.82 Å². The minimum Gasteiger partial charge on any atom is -0.393 e. The second-order valence-electron chi connectivity index (χ2n) is 8.14. The molecule has 1 aliphatic carbocycles. The molecular formula is C25H21N5O. The van der Waals surface area contributed by atoms with E-state index in [4.69, 9.17) is 15.7 Å². The smallest absolute Gasteiger partial charge is 0.150 e. The standard InChI is InChI=1S/C25H21N5O/c26-24-23-22(29-25(18-12-19(31)13-18)30(23)11-10-27-24)17-7-6-16-8-9-20(28-21(16)14-17)15-4-2-1-3-5-15/h1-11,14,18-19,31H,12-13H2,(H2,26,27). The molecule has 0 radical (unpaired) electrons. The molecule has 6 heteroatoms. The molecule has 1 fully saturated rings. The fraction of sp³-hybridized carbons (Fsp3) is 0.160. The number of fused-ring (bicyclic) bond motifs is 2. The van der Waals surface area contributed by atoms with E-state index in [1.165, 1.54) is 0 Å². The van der Waals surface area contributed by atoms with Gasteiger partial charge >= 0.3 is 0 Å². The number of aliphatic hydroxyl groups excluding tert-OH is 1. The van der Waals surface area contributed by atoms with Crippen molar-refractivity contribution < 1.29 is 5.11 Å². The van der Waals surface area contributed by atoms with Crippen molar-refractivity contribution in [3.05, 3.63) is 78.9 Å². The molecule has 0 unspecified atom stereocenters. The van der Waals surface area contributed by atoms with E-state index in [9.17, 15) is 5.11 Å². The maximum atomic E-state index is 9.79. The molecule has 0 atom stereocenters. The summed E-state index contributed by atoms with van der Waals surface area (Å²) in [6, 6.07) is 20.5. The molecule has 152 valence electrons. The number of aromatic nitrogens is 4. The summed E-state index contributed by atoms with van der Waals surface area (Å²) in [5.41, 5.74) is 11.8. The van der Waals surface area contributed by atoms with Gasteiger partial charge < -0.3 is 10.8 Å². The molecular weight excluding hydrogens is 386 g/mol. The maximum absolute atomic E-state index is 9.79. The molecule has 31 heavy (non-hydrogen) atoms. The third-order valence-electron chi connectivity index (χ3n) is 6.12. The Morgan fingerprint density at radius 1 is 0.935 bits per heavy atom. The second-order valence-corrected chi connectivity index (χ2v) is 8.14. The number of anilines is 1. The Morgan fingerprint density at radius 3 is 2.55 bits per heavy atom.